The maximum atomic E-state index is 12.9. The fourth-order valence-corrected chi connectivity index (χ4v) is 4.99. The third kappa shape index (κ3) is 6.17. The van der Waals surface area contributed by atoms with Crippen LogP contribution in [0.4, 0.5) is 5.69 Å². The molecule has 1 saturated heterocycles. The second kappa shape index (κ2) is 11.5. The zero-order valence-electron chi connectivity index (χ0n) is 19.1. The van der Waals surface area contributed by atoms with Gasteiger partial charge in [-0.15, -0.1) is 10.2 Å². The molecule has 0 saturated carbocycles. The molecule has 0 aliphatic carbocycles. The van der Waals surface area contributed by atoms with Crippen molar-refractivity contribution >= 4 is 35.0 Å². The van der Waals surface area contributed by atoms with E-state index in [1.807, 2.05) is 31.2 Å². The highest BCUT2D eigenvalue weighted by Crippen LogP contribution is 2.26. The number of carbonyl (C=O) groups is 1. The normalized spacial score (nSPS) is 15.0. The van der Waals surface area contributed by atoms with Gasteiger partial charge in [-0.05, 0) is 56.6 Å². The number of thioether (sulfide) groups is 1. The van der Waals surface area contributed by atoms with Gasteiger partial charge in [-0.1, -0.05) is 60.1 Å². The number of aromatic nitrogens is 3. The number of anilines is 1. The predicted octanol–water partition coefficient (Wildman–Crippen LogP) is 4.96. The molecule has 9 heteroatoms. The molecule has 2 heterocycles. The number of nitriles is 1. The fourth-order valence-electron chi connectivity index (χ4n) is 3.90. The molecule has 2 aromatic carbocycles. The molecule has 1 fully saturated rings. The van der Waals surface area contributed by atoms with Crippen LogP contribution in [-0.4, -0.2) is 43.9 Å². The van der Waals surface area contributed by atoms with Crippen molar-refractivity contribution in [1.29, 1.82) is 5.26 Å². The molecule has 1 unspecified atom stereocenters. The summed E-state index contributed by atoms with van der Waals surface area (Å²) in [7, 11) is 0. The Morgan fingerprint density at radius 3 is 2.62 bits per heavy atom. The molecule has 1 aliphatic rings. The maximum Gasteiger partial charge on any atom is 0.237 e. The Bertz CT molecular complexity index is 1170. The number of piperidine rings is 1. The van der Waals surface area contributed by atoms with E-state index in [2.05, 4.69) is 37.1 Å². The molecule has 176 valence electrons. The highest BCUT2D eigenvalue weighted by molar-refractivity contribution is 8.00. The minimum Gasteiger partial charge on any atom is -0.325 e. The van der Waals surface area contributed by atoms with Gasteiger partial charge in [0.25, 0.3) is 0 Å². The second-order valence-corrected chi connectivity index (χ2v) is 10.1. The van der Waals surface area contributed by atoms with Crippen LogP contribution in [0.2, 0.25) is 5.02 Å². The van der Waals surface area contributed by atoms with Crippen molar-refractivity contribution in [3.05, 3.63) is 70.5 Å². The monoisotopic (exact) mass is 494 g/mol. The summed E-state index contributed by atoms with van der Waals surface area (Å²) in [6.45, 7) is 5.40. The number of carbonyl (C=O) groups excluding carboxylic acids is 1. The minimum absolute atomic E-state index is 0.169. The van der Waals surface area contributed by atoms with Gasteiger partial charge >= 0.3 is 0 Å². The van der Waals surface area contributed by atoms with Crippen molar-refractivity contribution in [3.63, 3.8) is 0 Å². The van der Waals surface area contributed by atoms with Crippen molar-refractivity contribution in [2.45, 2.75) is 49.7 Å². The zero-order valence-corrected chi connectivity index (χ0v) is 20.6. The Morgan fingerprint density at radius 1 is 1.15 bits per heavy atom. The Balaban J connectivity index is 1.49. The summed E-state index contributed by atoms with van der Waals surface area (Å²) in [4.78, 5) is 15.3. The molecule has 1 N–H and O–H groups in total. The first kappa shape index (κ1) is 24.3. The van der Waals surface area contributed by atoms with Crippen molar-refractivity contribution in [1.82, 2.24) is 19.7 Å². The second-order valence-electron chi connectivity index (χ2n) is 8.36. The minimum atomic E-state index is -0.407. The largest absolute Gasteiger partial charge is 0.325 e. The molecule has 0 bridgehead atoms. The molecule has 1 aromatic heterocycles. The summed E-state index contributed by atoms with van der Waals surface area (Å²) in [6, 6.07) is 17.1. The van der Waals surface area contributed by atoms with Gasteiger partial charge in [-0.2, -0.15) is 5.26 Å². The molecule has 1 atom stereocenters. The standard InChI is InChI=1S/C25H27ClN6OS/c1-18(24(33)28-21-11-10-20(15-27)22(26)14-21)34-25-30-29-23(17-31-12-6-3-7-13-31)32(25)16-19-8-4-2-5-9-19/h2,4-5,8-11,14,18H,3,6-7,12-13,16-17H2,1H3,(H,28,33). The van der Waals surface area contributed by atoms with Crippen molar-refractivity contribution in [2.24, 2.45) is 0 Å². The van der Waals surface area contributed by atoms with E-state index in [0.717, 1.165) is 36.2 Å². The summed E-state index contributed by atoms with van der Waals surface area (Å²) < 4.78 is 2.12. The average molecular weight is 495 g/mol. The Labute approximate surface area is 209 Å². The highest BCUT2D eigenvalue weighted by Gasteiger charge is 2.22. The van der Waals surface area contributed by atoms with Gasteiger partial charge in [0.2, 0.25) is 5.91 Å². The van der Waals surface area contributed by atoms with E-state index < -0.39 is 5.25 Å². The van der Waals surface area contributed by atoms with Crippen molar-refractivity contribution in [2.75, 3.05) is 18.4 Å². The zero-order chi connectivity index (χ0) is 23.9. The first-order chi connectivity index (χ1) is 16.5. The summed E-state index contributed by atoms with van der Waals surface area (Å²) in [5, 5.41) is 21.5. The van der Waals surface area contributed by atoms with E-state index in [-0.39, 0.29) is 5.91 Å². The molecule has 1 aliphatic heterocycles. The molecule has 3 aromatic rings. The van der Waals surface area contributed by atoms with Crippen LogP contribution < -0.4 is 5.32 Å². The number of nitrogens with zero attached hydrogens (tertiary/aromatic N) is 5. The molecule has 0 spiro atoms. The van der Waals surface area contributed by atoms with E-state index in [1.54, 1.807) is 18.2 Å². The van der Waals surface area contributed by atoms with Gasteiger partial charge < -0.3 is 9.88 Å². The van der Waals surface area contributed by atoms with Crippen LogP contribution in [0, 0.1) is 11.3 Å². The van der Waals surface area contributed by atoms with Gasteiger partial charge in [0.1, 0.15) is 11.9 Å². The number of hydrogen-bond acceptors (Lipinski definition) is 6. The van der Waals surface area contributed by atoms with Gasteiger partial charge in [-0.3, -0.25) is 9.69 Å². The molecule has 7 nitrogen and oxygen atoms in total. The summed E-state index contributed by atoms with van der Waals surface area (Å²) in [5.41, 5.74) is 2.09. The van der Waals surface area contributed by atoms with Crippen LogP contribution in [0.5, 0.6) is 0 Å². The number of benzene rings is 2. The predicted molar refractivity (Wildman–Crippen MR) is 135 cm³/mol. The average Bonchev–Trinajstić information content (AvgIpc) is 3.21. The van der Waals surface area contributed by atoms with Crippen LogP contribution in [0.3, 0.4) is 0 Å². The fraction of sp³-hybridized carbons (Fsp3) is 0.360. The van der Waals surface area contributed by atoms with Gasteiger partial charge in [0.15, 0.2) is 5.16 Å². The first-order valence-electron chi connectivity index (χ1n) is 11.4. The molecular formula is C25H27ClN6OS. The summed E-state index contributed by atoms with van der Waals surface area (Å²) in [5.74, 6) is 0.748. The lowest BCUT2D eigenvalue weighted by Gasteiger charge is -2.26. The van der Waals surface area contributed by atoms with Crippen molar-refractivity contribution < 1.29 is 4.79 Å². The third-order valence-electron chi connectivity index (χ3n) is 5.80. The van der Waals surface area contributed by atoms with Gasteiger partial charge in [-0.25, -0.2) is 0 Å². The number of halogens is 1. The van der Waals surface area contributed by atoms with Crippen molar-refractivity contribution in [3.8, 4) is 6.07 Å². The highest BCUT2D eigenvalue weighted by atomic mass is 35.5. The summed E-state index contributed by atoms with van der Waals surface area (Å²) in [6.07, 6.45) is 3.71. The molecule has 0 radical (unpaired) electrons. The van der Waals surface area contributed by atoms with Crippen LogP contribution >= 0.6 is 23.4 Å². The van der Waals surface area contributed by atoms with E-state index in [9.17, 15) is 4.79 Å². The Hall–Kier alpha value is -2.86. The van der Waals surface area contributed by atoms with Gasteiger partial charge in [0, 0.05) is 5.69 Å². The summed E-state index contributed by atoms with van der Waals surface area (Å²) >= 11 is 7.48. The lowest BCUT2D eigenvalue weighted by atomic mass is 10.1. The van der Waals surface area contributed by atoms with E-state index in [4.69, 9.17) is 16.9 Å². The third-order valence-corrected chi connectivity index (χ3v) is 7.19. The SMILES string of the molecule is CC(Sc1nnc(CN2CCCCC2)n1Cc1ccccc1)C(=O)Nc1ccc(C#N)c(Cl)c1. The van der Waals surface area contributed by atoms with Crippen LogP contribution in [0.1, 0.15) is 43.1 Å². The maximum absolute atomic E-state index is 12.9. The quantitative estimate of drug-likeness (QED) is 0.445. The topological polar surface area (TPSA) is 86.8 Å². The van der Waals surface area contributed by atoms with Crippen LogP contribution in [-0.2, 0) is 17.9 Å². The number of nitrogens with one attached hydrogen (secondary N) is 1. The van der Waals surface area contributed by atoms with Crippen LogP contribution in [0.25, 0.3) is 0 Å². The molecule has 4 rings (SSSR count). The first-order valence-corrected chi connectivity index (χ1v) is 12.6. The lowest BCUT2D eigenvalue weighted by Crippen LogP contribution is -2.30. The van der Waals surface area contributed by atoms with E-state index in [0.29, 0.717) is 22.8 Å². The molecule has 1 amide bonds. The Morgan fingerprint density at radius 2 is 1.91 bits per heavy atom. The smallest absolute Gasteiger partial charge is 0.237 e. The van der Waals surface area contributed by atoms with Crippen LogP contribution in [0.15, 0.2) is 53.7 Å². The number of rotatable bonds is 8. The number of likely N-dealkylation sites (tertiary alicyclic amines) is 1. The number of amides is 1. The van der Waals surface area contributed by atoms with Gasteiger partial charge in [0.05, 0.1) is 28.9 Å². The lowest BCUT2D eigenvalue weighted by molar-refractivity contribution is -0.115. The van der Waals surface area contributed by atoms with E-state index in [1.165, 1.54) is 31.0 Å². The molecule has 34 heavy (non-hydrogen) atoms. The Kier molecular flexibility index (Phi) is 8.22. The van der Waals surface area contributed by atoms with E-state index >= 15 is 0 Å². The molecular weight excluding hydrogens is 468 g/mol. The number of hydrogen-bond donors (Lipinski definition) is 1.